The Morgan fingerprint density at radius 1 is 1.25 bits per heavy atom. The van der Waals surface area contributed by atoms with Crippen LogP contribution in [0, 0.1) is 5.92 Å². The summed E-state index contributed by atoms with van der Waals surface area (Å²) in [5.74, 6) is 1.24. The maximum Gasteiger partial charge on any atom is 0.317 e. The Bertz CT molecular complexity index is 734. The Kier molecular flexibility index (Phi) is 8.12. The Labute approximate surface area is 168 Å². The first kappa shape index (κ1) is 22.5. The van der Waals surface area contributed by atoms with Crippen molar-refractivity contribution in [3.8, 4) is 5.75 Å². The summed E-state index contributed by atoms with van der Waals surface area (Å²) in [4.78, 5) is 13.8. The van der Waals surface area contributed by atoms with E-state index in [0.29, 0.717) is 38.6 Å². The smallest absolute Gasteiger partial charge is 0.317 e. The van der Waals surface area contributed by atoms with E-state index in [0.717, 1.165) is 5.75 Å². The van der Waals surface area contributed by atoms with Crippen molar-refractivity contribution in [3.05, 3.63) is 29.8 Å². The molecule has 1 aliphatic rings. The number of ether oxygens (including phenoxy) is 1. The van der Waals surface area contributed by atoms with Crippen LogP contribution < -0.4 is 14.8 Å². The van der Waals surface area contributed by atoms with Gasteiger partial charge in [-0.05, 0) is 43.9 Å². The van der Waals surface area contributed by atoms with Crippen molar-refractivity contribution in [2.24, 2.45) is 5.92 Å². The molecule has 158 valence electrons. The van der Waals surface area contributed by atoms with E-state index < -0.39 is 10.0 Å². The van der Waals surface area contributed by atoms with Gasteiger partial charge >= 0.3 is 6.03 Å². The molecule has 2 amide bonds. The first-order chi connectivity index (χ1) is 13.3. The lowest BCUT2D eigenvalue weighted by atomic mass is 9.93. The molecule has 28 heavy (non-hydrogen) atoms. The van der Waals surface area contributed by atoms with Gasteiger partial charge in [0.1, 0.15) is 5.75 Å². The van der Waals surface area contributed by atoms with E-state index in [1.165, 1.54) is 5.56 Å². The highest BCUT2D eigenvalue weighted by Crippen LogP contribution is 2.23. The molecule has 8 heteroatoms. The van der Waals surface area contributed by atoms with Crippen molar-refractivity contribution in [3.63, 3.8) is 0 Å². The molecule has 0 unspecified atom stereocenters. The Morgan fingerprint density at radius 3 is 2.50 bits per heavy atom. The van der Waals surface area contributed by atoms with Crippen LogP contribution in [0.5, 0.6) is 5.75 Å². The van der Waals surface area contributed by atoms with Gasteiger partial charge in [0, 0.05) is 31.6 Å². The normalized spacial score (nSPS) is 20.2. The van der Waals surface area contributed by atoms with E-state index in [1.807, 2.05) is 19.1 Å². The number of benzene rings is 1. The van der Waals surface area contributed by atoms with Crippen LogP contribution in [0.15, 0.2) is 24.3 Å². The second kappa shape index (κ2) is 10.1. The Balaban J connectivity index is 2.04. The number of sulfonamides is 1. The second-order valence-electron chi connectivity index (χ2n) is 7.49. The van der Waals surface area contributed by atoms with Crippen LogP contribution in [-0.4, -0.2) is 57.4 Å². The van der Waals surface area contributed by atoms with Crippen LogP contribution in [0.3, 0.4) is 0 Å². The molecular formula is C20H33N3O4S. The lowest BCUT2D eigenvalue weighted by Crippen LogP contribution is -2.57. The highest BCUT2D eigenvalue weighted by molar-refractivity contribution is 7.89. The standard InChI is InChI=1S/C20H33N3O4S/c1-5-21-20(24)23-12-11-17(19(13-23)22-28(25,26)6-2)14-27-18-9-7-16(8-10-18)15(3)4/h7-10,15,17,19,22H,5-6,11-14H2,1-4H3,(H,21,24)/t17-,19+/m1/s1. The van der Waals surface area contributed by atoms with Gasteiger partial charge in [0.25, 0.3) is 0 Å². The molecule has 1 aromatic rings. The largest absolute Gasteiger partial charge is 0.493 e. The molecule has 0 aromatic heterocycles. The molecule has 1 heterocycles. The van der Waals surface area contributed by atoms with Crippen molar-refractivity contribution in [1.29, 1.82) is 0 Å². The molecule has 1 aromatic carbocycles. The number of urea groups is 1. The number of amides is 2. The fourth-order valence-corrected chi connectivity index (χ4v) is 4.14. The predicted octanol–water partition coefficient (Wildman–Crippen LogP) is 2.55. The third-order valence-electron chi connectivity index (χ3n) is 5.09. The monoisotopic (exact) mass is 411 g/mol. The Morgan fingerprint density at radius 2 is 1.93 bits per heavy atom. The number of likely N-dealkylation sites (tertiary alicyclic amines) is 1. The van der Waals surface area contributed by atoms with Crippen LogP contribution >= 0.6 is 0 Å². The zero-order valence-electron chi connectivity index (χ0n) is 17.3. The summed E-state index contributed by atoms with van der Waals surface area (Å²) in [6.07, 6.45) is 0.679. The van der Waals surface area contributed by atoms with E-state index in [1.54, 1.807) is 11.8 Å². The minimum atomic E-state index is -3.38. The average molecular weight is 412 g/mol. The highest BCUT2D eigenvalue weighted by atomic mass is 32.2. The number of carbonyl (C=O) groups excluding carboxylic acids is 1. The molecule has 2 rings (SSSR count). The van der Waals surface area contributed by atoms with Crippen molar-refractivity contribution in [2.75, 3.05) is 32.0 Å². The van der Waals surface area contributed by atoms with Crippen LogP contribution in [0.2, 0.25) is 0 Å². The van der Waals surface area contributed by atoms with Crippen LogP contribution in [-0.2, 0) is 10.0 Å². The lowest BCUT2D eigenvalue weighted by Gasteiger charge is -2.38. The third-order valence-corrected chi connectivity index (χ3v) is 6.51. The third kappa shape index (κ3) is 6.38. The lowest BCUT2D eigenvalue weighted by molar-refractivity contribution is 0.123. The molecule has 1 fully saturated rings. The summed E-state index contributed by atoms with van der Waals surface area (Å²) >= 11 is 0. The number of nitrogens with one attached hydrogen (secondary N) is 2. The predicted molar refractivity (Wildman–Crippen MR) is 111 cm³/mol. The first-order valence-corrected chi connectivity index (χ1v) is 11.7. The van der Waals surface area contributed by atoms with Crippen LogP contribution in [0.1, 0.15) is 45.6 Å². The van der Waals surface area contributed by atoms with Gasteiger partial charge in [-0.2, -0.15) is 0 Å². The number of hydrogen-bond donors (Lipinski definition) is 2. The van der Waals surface area contributed by atoms with Gasteiger partial charge in [-0.15, -0.1) is 0 Å². The summed E-state index contributed by atoms with van der Waals surface area (Å²) in [5.41, 5.74) is 1.25. The van der Waals surface area contributed by atoms with Crippen molar-refractivity contribution in [2.45, 2.75) is 46.1 Å². The molecule has 7 nitrogen and oxygen atoms in total. The highest BCUT2D eigenvalue weighted by Gasteiger charge is 2.34. The SMILES string of the molecule is CCNC(=O)N1CC[C@H](COc2ccc(C(C)C)cc2)[C@@H](NS(=O)(=O)CC)C1. The summed E-state index contributed by atoms with van der Waals surface area (Å²) in [5, 5.41) is 2.78. The van der Waals surface area contributed by atoms with Crippen molar-refractivity contribution >= 4 is 16.1 Å². The molecule has 2 atom stereocenters. The Hall–Kier alpha value is -1.80. The molecule has 0 radical (unpaired) electrons. The quantitative estimate of drug-likeness (QED) is 0.688. The van der Waals surface area contributed by atoms with Crippen molar-refractivity contribution < 1.29 is 17.9 Å². The summed E-state index contributed by atoms with van der Waals surface area (Å²) in [6.45, 7) is 9.61. The fourth-order valence-electron chi connectivity index (χ4n) is 3.25. The molecule has 1 saturated heterocycles. The molecule has 0 bridgehead atoms. The summed E-state index contributed by atoms with van der Waals surface area (Å²) in [6, 6.07) is 7.47. The number of carbonyl (C=O) groups is 1. The average Bonchev–Trinajstić information content (AvgIpc) is 2.67. The van der Waals surface area contributed by atoms with Crippen molar-refractivity contribution in [1.82, 2.24) is 14.9 Å². The molecule has 0 aliphatic carbocycles. The summed E-state index contributed by atoms with van der Waals surface area (Å²) in [7, 11) is -3.38. The van der Waals surface area contributed by atoms with Crippen LogP contribution in [0.4, 0.5) is 4.79 Å². The fraction of sp³-hybridized carbons (Fsp3) is 0.650. The van der Waals surface area contributed by atoms with Gasteiger partial charge in [0.05, 0.1) is 12.4 Å². The van der Waals surface area contributed by atoms with E-state index in [4.69, 9.17) is 4.74 Å². The summed E-state index contributed by atoms with van der Waals surface area (Å²) < 4.78 is 32.9. The van der Waals surface area contributed by atoms with E-state index in [-0.39, 0.29) is 23.7 Å². The van der Waals surface area contributed by atoms with Gasteiger partial charge in [0.2, 0.25) is 10.0 Å². The first-order valence-electron chi connectivity index (χ1n) is 10.0. The number of piperidine rings is 1. The maximum absolute atomic E-state index is 12.2. The van der Waals surface area contributed by atoms with E-state index in [2.05, 4.69) is 36.0 Å². The molecule has 2 N–H and O–H groups in total. The van der Waals surface area contributed by atoms with E-state index in [9.17, 15) is 13.2 Å². The van der Waals surface area contributed by atoms with Gasteiger partial charge in [-0.1, -0.05) is 26.0 Å². The van der Waals surface area contributed by atoms with Gasteiger partial charge in [0.15, 0.2) is 0 Å². The topological polar surface area (TPSA) is 87.7 Å². The van der Waals surface area contributed by atoms with Gasteiger partial charge in [-0.25, -0.2) is 17.9 Å². The number of nitrogens with zero attached hydrogens (tertiary/aromatic N) is 1. The minimum Gasteiger partial charge on any atom is -0.493 e. The minimum absolute atomic E-state index is 0.00298. The number of rotatable bonds is 8. The number of hydrogen-bond acceptors (Lipinski definition) is 4. The molecule has 0 spiro atoms. The van der Waals surface area contributed by atoms with Gasteiger partial charge in [-0.3, -0.25) is 0 Å². The maximum atomic E-state index is 12.2. The molecule has 1 aliphatic heterocycles. The zero-order valence-corrected chi connectivity index (χ0v) is 18.1. The van der Waals surface area contributed by atoms with Gasteiger partial charge < -0.3 is 15.0 Å². The van der Waals surface area contributed by atoms with Crippen LogP contribution in [0.25, 0.3) is 0 Å². The molecular weight excluding hydrogens is 378 g/mol. The zero-order chi connectivity index (χ0) is 20.7. The molecule has 0 saturated carbocycles. The van der Waals surface area contributed by atoms with E-state index >= 15 is 0 Å². The second-order valence-corrected chi connectivity index (χ2v) is 9.54.